The largest absolute Gasteiger partial charge is 0.275 e. The molecule has 4 nitrogen and oxygen atoms in total. The number of rotatable bonds is 2. The van der Waals surface area contributed by atoms with Crippen molar-refractivity contribution in [3.63, 3.8) is 0 Å². The fraction of sp³-hybridized carbons (Fsp3) is 0. The van der Waals surface area contributed by atoms with Crippen molar-refractivity contribution in [2.24, 2.45) is 0 Å². The summed E-state index contributed by atoms with van der Waals surface area (Å²) < 4.78 is 3.51. The average molecular weight is 471 g/mol. The van der Waals surface area contributed by atoms with Crippen LogP contribution in [0.4, 0.5) is 0 Å². The van der Waals surface area contributed by atoms with Crippen LogP contribution >= 0.6 is 11.3 Å². The minimum absolute atomic E-state index is 0.131. The standard InChI is InChI=1S/C30H18N2O2S/c33-29(31-23-13-5-1-9-19(23)20-10-2-6-14-24(20)31)27-17-18-28(35-27)30(34)32-25-15-7-3-11-21(25)22-12-4-8-16-26(22)32/h1-18H. The maximum Gasteiger partial charge on any atom is 0.272 e. The van der Waals surface area contributed by atoms with Crippen molar-refractivity contribution in [2.45, 2.75) is 0 Å². The molecule has 35 heavy (non-hydrogen) atoms. The molecule has 0 atom stereocenters. The van der Waals surface area contributed by atoms with Crippen LogP contribution in [0, 0.1) is 0 Å². The van der Waals surface area contributed by atoms with Crippen LogP contribution in [0.2, 0.25) is 0 Å². The zero-order valence-corrected chi connectivity index (χ0v) is 19.3. The summed E-state index contributed by atoms with van der Waals surface area (Å²) in [6.07, 6.45) is 0. The van der Waals surface area contributed by atoms with Crippen molar-refractivity contribution in [1.82, 2.24) is 9.13 Å². The number of benzene rings is 4. The normalized spacial score (nSPS) is 11.7. The highest BCUT2D eigenvalue weighted by molar-refractivity contribution is 7.16. The van der Waals surface area contributed by atoms with Gasteiger partial charge >= 0.3 is 0 Å². The monoisotopic (exact) mass is 470 g/mol. The molecule has 0 N–H and O–H groups in total. The van der Waals surface area contributed by atoms with Crippen LogP contribution in [-0.2, 0) is 0 Å². The van der Waals surface area contributed by atoms with Gasteiger partial charge < -0.3 is 0 Å². The van der Waals surface area contributed by atoms with Crippen molar-refractivity contribution in [3.8, 4) is 0 Å². The van der Waals surface area contributed by atoms with Gasteiger partial charge in [0.05, 0.1) is 31.8 Å². The van der Waals surface area contributed by atoms with Crippen LogP contribution in [-0.4, -0.2) is 20.9 Å². The van der Waals surface area contributed by atoms with E-state index in [1.54, 1.807) is 21.3 Å². The maximum atomic E-state index is 13.7. The van der Waals surface area contributed by atoms with E-state index in [9.17, 15) is 9.59 Å². The smallest absolute Gasteiger partial charge is 0.272 e. The highest BCUT2D eigenvalue weighted by Crippen LogP contribution is 2.33. The molecular formula is C30H18N2O2S. The van der Waals surface area contributed by atoms with E-state index in [0.717, 1.165) is 43.6 Å². The Bertz CT molecular complexity index is 1710. The Morgan fingerprint density at radius 3 is 1.03 bits per heavy atom. The Hall–Kier alpha value is -4.48. The number of fused-ring (bicyclic) bond motifs is 6. The summed E-state index contributed by atoms with van der Waals surface area (Å²) in [5, 5.41) is 4.15. The van der Waals surface area contributed by atoms with Crippen molar-refractivity contribution in [3.05, 3.63) is 119 Å². The van der Waals surface area contributed by atoms with E-state index in [-0.39, 0.29) is 11.8 Å². The second kappa shape index (κ2) is 7.52. The number of carbonyl (C=O) groups excluding carboxylic acids is 2. The molecule has 7 aromatic rings. The number of nitrogens with zero attached hydrogens (tertiary/aromatic N) is 2. The van der Waals surface area contributed by atoms with Gasteiger partial charge in [0.15, 0.2) is 0 Å². The third-order valence-corrected chi connectivity index (χ3v) is 7.66. The van der Waals surface area contributed by atoms with E-state index in [2.05, 4.69) is 0 Å². The molecule has 0 saturated heterocycles. The van der Waals surface area contributed by atoms with Gasteiger partial charge in [-0.2, -0.15) is 0 Å². The first-order chi connectivity index (χ1) is 17.2. The lowest BCUT2D eigenvalue weighted by atomic mass is 10.2. The summed E-state index contributed by atoms with van der Waals surface area (Å²) >= 11 is 1.24. The number of aromatic nitrogens is 2. The van der Waals surface area contributed by atoms with Gasteiger partial charge in [0.25, 0.3) is 11.8 Å². The molecule has 0 saturated carbocycles. The van der Waals surface area contributed by atoms with Gasteiger partial charge in [-0.15, -0.1) is 11.3 Å². The molecule has 7 rings (SSSR count). The first-order valence-corrected chi connectivity index (χ1v) is 12.2. The van der Waals surface area contributed by atoms with Gasteiger partial charge in [-0.05, 0) is 36.4 Å². The summed E-state index contributed by atoms with van der Waals surface area (Å²) in [5.74, 6) is -0.262. The molecule has 5 heteroatoms. The second-order valence-electron chi connectivity index (χ2n) is 8.51. The van der Waals surface area contributed by atoms with Gasteiger partial charge in [-0.1, -0.05) is 72.8 Å². The van der Waals surface area contributed by atoms with Crippen LogP contribution < -0.4 is 0 Å². The predicted molar refractivity (Wildman–Crippen MR) is 143 cm³/mol. The number of para-hydroxylation sites is 4. The predicted octanol–water partition coefficient (Wildman–Crippen LogP) is 7.34. The lowest BCUT2D eigenvalue weighted by molar-refractivity contribution is 0.0966. The van der Waals surface area contributed by atoms with E-state index >= 15 is 0 Å². The van der Waals surface area contributed by atoms with E-state index < -0.39 is 0 Å². The Labute approximate surface area is 204 Å². The molecule has 0 fully saturated rings. The fourth-order valence-electron chi connectivity index (χ4n) is 5.07. The Balaban J connectivity index is 1.36. The molecule has 4 aromatic carbocycles. The molecule has 3 aromatic heterocycles. The topological polar surface area (TPSA) is 44.0 Å². The Kier molecular flexibility index (Phi) is 4.28. The Morgan fingerprint density at radius 2 is 0.714 bits per heavy atom. The van der Waals surface area contributed by atoms with E-state index in [1.165, 1.54) is 11.3 Å². The molecule has 0 unspecified atom stereocenters. The van der Waals surface area contributed by atoms with Crippen LogP contribution in [0.15, 0.2) is 109 Å². The summed E-state index contributed by atoms with van der Waals surface area (Å²) in [5.41, 5.74) is 3.45. The minimum atomic E-state index is -0.131. The van der Waals surface area contributed by atoms with Gasteiger partial charge in [0.1, 0.15) is 0 Å². The first kappa shape index (κ1) is 19.9. The molecular weight excluding hydrogens is 452 g/mol. The fourth-order valence-corrected chi connectivity index (χ4v) is 5.94. The van der Waals surface area contributed by atoms with Crippen LogP contribution in [0.5, 0.6) is 0 Å². The third kappa shape index (κ3) is 2.85. The highest BCUT2D eigenvalue weighted by Gasteiger charge is 2.22. The van der Waals surface area contributed by atoms with Gasteiger partial charge in [0.2, 0.25) is 0 Å². The maximum absolute atomic E-state index is 13.7. The number of thiophene rings is 1. The van der Waals surface area contributed by atoms with Crippen molar-refractivity contribution in [2.75, 3.05) is 0 Å². The van der Waals surface area contributed by atoms with Crippen molar-refractivity contribution >= 4 is 66.8 Å². The van der Waals surface area contributed by atoms with Crippen molar-refractivity contribution < 1.29 is 9.59 Å². The number of hydrogen-bond acceptors (Lipinski definition) is 3. The zero-order chi connectivity index (χ0) is 23.5. The lowest BCUT2D eigenvalue weighted by Gasteiger charge is -2.05. The molecule has 0 aliphatic rings. The van der Waals surface area contributed by atoms with E-state index in [0.29, 0.717) is 9.75 Å². The molecule has 3 heterocycles. The van der Waals surface area contributed by atoms with Crippen molar-refractivity contribution in [1.29, 1.82) is 0 Å². The third-order valence-electron chi connectivity index (χ3n) is 6.59. The SMILES string of the molecule is O=C(c1ccc(C(=O)n2c3ccccc3c3ccccc32)s1)n1c2ccccc2c2ccccc21. The van der Waals surface area contributed by atoms with Gasteiger partial charge in [-0.25, -0.2) is 0 Å². The van der Waals surface area contributed by atoms with Gasteiger partial charge in [0, 0.05) is 21.5 Å². The minimum Gasteiger partial charge on any atom is -0.275 e. The summed E-state index contributed by atoms with van der Waals surface area (Å²) in [4.78, 5) is 28.5. The molecule has 0 bridgehead atoms. The van der Waals surface area contributed by atoms with Crippen LogP contribution in [0.3, 0.4) is 0 Å². The number of carbonyl (C=O) groups is 2. The molecule has 0 aliphatic heterocycles. The van der Waals surface area contributed by atoms with Gasteiger partial charge in [-0.3, -0.25) is 18.7 Å². The summed E-state index contributed by atoms with van der Waals surface area (Å²) in [6, 6.07) is 35.2. The molecule has 0 aliphatic carbocycles. The van der Waals surface area contributed by atoms with Crippen LogP contribution in [0.25, 0.3) is 43.6 Å². The van der Waals surface area contributed by atoms with E-state index in [4.69, 9.17) is 0 Å². The first-order valence-electron chi connectivity index (χ1n) is 11.4. The average Bonchev–Trinajstić information content (AvgIpc) is 3.61. The summed E-state index contributed by atoms with van der Waals surface area (Å²) in [6.45, 7) is 0. The Morgan fingerprint density at radius 1 is 0.429 bits per heavy atom. The molecule has 166 valence electrons. The number of hydrogen-bond donors (Lipinski definition) is 0. The quantitative estimate of drug-likeness (QED) is 0.265. The lowest BCUT2D eigenvalue weighted by Crippen LogP contribution is -2.11. The van der Waals surface area contributed by atoms with E-state index in [1.807, 2.05) is 97.1 Å². The molecule has 0 amide bonds. The zero-order valence-electron chi connectivity index (χ0n) is 18.5. The molecule has 0 spiro atoms. The molecule has 0 radical (unpaired) electrons. The highest BCUT2D eigenvalue weighted by atomic mass is 32.1. The second-order valence-corrected chi connectivity index (χ2v) is 9.60. The summed E-state index contributed by atoms with van der Waals surface area (Å²) in [7, 11) is 0. The van der Waals surface area contributed by atoms with Crippen LogP contribution in [0.1, 0.15) is 19.3 Å².